The highest BCUT2D eigenvalue weighted by atomic mass is 35.5. The molecule has 1 saturated heterocycles. The lowest BCUT2D eigenvalue weighted by atomic mass is 10.1. The number of benzene rings is 2. The van der Waals surface area contributed by atoms with Crippen LogP contribution in [0.25, 0.3) is 0 Å². The number of hydrogen-bond acceptors (Lipinski definition) is 3. The third kappa shape index (κ3) is 4.10. The third-order valence-corrected chi connectivity index (χ3v) is 4.91. The largest absolute Gasteiger partial charge is 0.382 e. The van der Waals surface area contributed by atoms with Gasteiger partial charge in [0.2, 0.25) is 0 Å². The molecular weight excluding hydrogens is 336 g/mol. The van der Waals surface area contributed by atoms with Crippen LogP contribution in [0, 0.1) is 0 Å². The lowest BCUT2D eigenvalue weighted by Gasteiger charge is -2.35. The van der Waals surface area contributed by atoms with Gasteiger partial charge in [-0.25, -0.2) is 4.79 Å². The van der Waals surface area contributed by atoms with Crippen molar-refractivity contribution < 1.29 is 9.90 Å². The molecular formula is C20H26ClN2O2+. The number of aliphatic hydroxyl groups excluding tert-OH is 1. The van der Waals surface area contributed by atoms with Crippen LogP contribution in [0.1, 0.15) is 12.8 Å². The Balaban J connectivity index is 0.00000225. The molecule has 0 unspecified atom stereocenters. The minimum absolute atomic E-state index is 0. The maximum atomic E-state index is 12.9. The van der Waals surface area contributed by atoms with E-state index in [4.69, 9.17) is 0 Å². The molecule has 0 aliphatic carbocycles. The van der Waals surface area contributed by atoms with Crippen molar-refractivity contribution in [1.82, 2.24) is 9.38 Å². The quantitative estimate of drug-likeness (QED) is 0.802. The summed E-state index contributed by atoms with van der Waals surface area (Å²) in [6, 6.07) is 19.6. The zero-order valence-electron chi connectivity index (χ0n) is 14.4. The number of nitrogens with zero attached hydrogens (tertiary/aromatic N) is 2. The standard InChI is InChI=1S/C20H25N2O2.ClH/c23-17-20(24)22(18-9-3-1-4-10-18,19-11-5-2-6-12-19)16-15-21-13-7-8-14-21;/h1-6,9-12,23H,7-8,13-17H2;1H/q+1;. The van der Waals surface area contributed by atoms with Crippen molar-refractivity contribution >= 4 is 29.7 Å². The average molecular weight is 362 g/mol. The van der Waals surface area contributed by atoms with E-state index in [1.807, 2.05) is 60.7 Å². The zero-order chi connectivity index (χ0) is 16.8. The fraction of sp³-hybridized carbons (Fsp3) is 0.350. The molecule has 1 fully saturated rings. The maximum absolute atomic E-state index is 12.9. The highest BCUT2D eigenvalue weighted by Gasteiger charge is 2.41. The number of carbonyl (C=O) groups is 1. The monoisotopic (exact) mass is 361 g/mol. The van der Waals surface area contributed by atoms with Crippen LogP contribution in [-0.4, -0.2) is 48.7 Å². The van der Waals surface area contributed by atoms with Gasteiger partial charge in [0, 0.05) is 30.8 Å². The number of rotatable bonds is 6. The Morgan fingerprint density at radius 3 is 1.84 bits per heavy atom. The minimum Gasteiger partial charge on any atom is -0.382 e. The zero-order valence-corrected chi connectivity index (χ0v) is 15.2. The average Bonchev–Trinajstić information content (AvgIpc) is 3.17. The Morgan fingerprint density at radius 2 is 1.40 bits per heavy atom. The van der Waals surface area contributed by atoms with E-state index in [-0.39, 0.29) is 22.8 Å². The molecule has 0 aromatic heterocycles. The predicted octanol–water partition coefficient (Wildman–Crippen LogP) is 3.36. The molecule has 5 heteroatoms. The molecule has 3 rings (SSSR count). The lowest BCUT2D eigenvalue weighted by molar-refractivity contribution is -0.130. The predicted molar refractivity (Wildman–Crippen MR) is 104 cm³/mol. The topological polar surface area (TPSA) is 40.5 Å². The van der Waals surface area contributed by atoms with Crippen molar-refractivity contribution in [2.45, 2.75) is 12.8 Å². The molecule has 1 heterocycles. The van der Waals surface area contributed by atoms with E-state index >= 15 is 0 Å². The van der Waals surface area contributed by atoms with Crippen LogP contribution in [0.4, 0.5) is 11.4 Å². The molecule has 134 valence electrons. The molecule has 25 heavy (non-hydrogen) atoms. The SMILES string of the molecule is Cl.O=C(CO)[N+](CCN1CCCC1)(c1ccccc1)c1ccccc1. The number of para-hydroxylation sites is 2. The van der Waals surface area contributed by atoms with E-state index in [1.165, 1.54) is 12.8 Å². The fourth-order valence-corrected chi connectivity index (χ4v) is 3.60. The Bertz CT molecular complexity index is 618. The molecule has 4 nitrogen and oxygen atoms in total. The van der Waals surface area contributed by atoms with Crippen LogP contribution in [0.3, 0.4) is 0 Å². The number of amides is 1. The van der Waals surface area contributed by atoms with Gasteiger partial charge in [-0.05, 0) is 25.9 Å². The van der Waals surface area contributed by atoms with Gasteiger partial charge in [0.15, 0.2) is 6.61 Å². The number of carbonyl (C=O) groups excluding carboxylic acids is 1. The number of likely N-dealkylation sites (tertiary alicyclic amines) is 1. The van der Waals surface area contributed by atoms with Crippen LogP contribution in [0.15, 0.2) is 60.7 Å². The van der Waals surface area contributed by atoms with E-state index in [9.17, 15) is 9.90 Å². The van der Waals surface area contributed by atoms with E-state index < -0.39 is 6.61 Å². The summed E-state index contributed by atoms with van der Waals surface area (Å²) in [4.78, 5) is 15.3. The van der Waals surface area contributed by atoms with Gasteiger partial charge in [-0.3, -0.25) is 4.90 Å². The molecule has 0 spiro atoms. The fourth-order valence-electron chi connectivity index (χ4n) is 3.60. The van der Waals surface area contributed by atoms with Gasteiger partial charge in [-0.2, -0.15) is 4.48 Å². The van der Waals surface area contributed by atoms with Crippen molar-refractivity contribution in [3.05, 3.63) is 60.7 Å². The number of halogens is 1. The molecule has 1 aliphatic heterocycles. The number of hydrogen-bond donors (Lipinski definition) is 1. The molecule has 0 bridgehead atoms. The van der Waals surface area contributed by atoms with Gasteiger partial charge in [0.05, 0.1) is 0 Å². The molecule has 1 aliphatic rings. The summed E-state index contributed by atoms with van der Waals surface area (Å²) in [6.45, 7) is 3.19. The normalized spacial score (nSPS) is 14.9. The summed E-state index contributed by atoms with van der Waals surface area (Å²) < 4.78 is 0.0642. The summed E-state index contributed by atoms with van der Waals surface area (Å²) in [5.74, 6) is -0.188. The van der Waals surface area contributed by atoms with Crippen molar-refractivity contribution in [1.29, 1.82) is 0 Å². The van der Waals surface area contributed by atoms with Crippen LogP contribution < -0.4 is 4.48 Å². The van der Waals surface area contributed by atoms with Gasteiger partial charge >= 0.3 is 5.91 Å². The Morgan fingerprint density at radius 1 is 0.920 bits per heavy atom. The van der Waals surface area contributed by atoms with Crippen molar-refractivity contribution in [2.75, 3.05) is 32.8 Å². The first-order chi connectivity index (χ1) is 11.8. The van der Waals surface area contributed by atoms with E-state index in [2.05, 4.69) is 4.90 Å². The maximum Gasteiger partial charge on any atom is 0.349 e. The first-order valence-corrected chi connectivity index (χ1v) is 8.63. The van der Waals surface area contributed by atoms with Gasteiger partial charge in [-0.1, -0.05) is 36.4 Å². The van der Waals surface area contributed by atoms with Gasteiger partial charge < -0.3 is 5.11 Å². The van der Waals surface area contributed by atoms with Gasteiger partial charge in [0.25, 0.3) is 0 Å². The molecule has 1 amide bonds. The first-order valence-electron chi connectivity index (χ1n) is 8.63. The van der Waals surface area contributed by atoms with E-state index in [0.29, 0.717) is 6.54 Å². The first kappa shape index (κ1) is 19.6. The third-order valence-electron chi connectivity index (χ3n) is 4.91. The van der Waals surface area contributed by atoms with Crippen LogP contribution >= 0.6 is 12.4 Å². The molecule has 2 aromatic carbocycles. The van der Waals surface area contributed by atoms with Crippen molar-refractivity contribution in [3.63, 3.8) is 0 Å². The molecule has 1 N–H and O–H groups in total. The van der Waals surface area contributed by atoms with Crippen LogP contribution in [-0.2, 0) is 4.79 Å². The van der Waals surface area contributed by atoms with Gasteiger partial charge in [0.1, 0.15) is 17.9 Å². The highest BCUT2D eigenvalue weighted by Crippen LogP contribution is 2.35. The molecule has 0 atom stereocenters. The van der Waals surface area contributed by atoms with E-state index in [0.717, 1.165) is 31.0 Å². The number of quaternary nitrogens is 1. The molecule has 0 radical (unpaired) electrons. The van der Waals surface area contributed by atoms with Crippen LogP contribution in [0.2, 0.25) is 0 Å². The Labute approximate surface area is 155 Å². The molecule has 0 saturated carbocycles. The summed E-state index contributed by atoms with van der Waals surface area (Å²) in [7, 11) is 0. The second-order valence-electron chi connectivity index (χ2n) is 6.31. The van der Waals surface area contributed by atoms with Crippen LogP contribution in [0.5, 0.6) is 0 Å². The molecule has 2 aromatic rings. The Hall–Kier alpha value is -1.72. The number of aliphatic hydroxyl groups is 1. The Kier molecular flexibility index (Phi) is 7.14. The smallest absolute Gasteiger partial charge is 0.349 e. The second-order valence-corrected chi connectivity index (χ2v) is 6.31. The summed E-state index contributed by atoms with van der Waals surface area (Å²) in [6.07, 6.45) is 2.45. The van der Waals surface area contributed by atoms with Gasteiger partial charge in [-0.15, -0.1) is 12.4 Å². The summed E-state index contributed by atoms with van der Waals surface area (Å²) in [5.41, 5.74) is 1.81. The highest BCUT2D eigenvalue weighted by molar-refractivity contribution is 5.95. The van der Waals surface area contributed by atoms with Crippen molar-refractivity contribution in [3.8, 4) is 0 Å². The second kappa shape index (κ2) is 9.11. The van der Waals surface area contributed by atoms with E-state index in [1.54, 1.807) is 0 Å². The lowest BCUT2D eigenvalue weighted by Crippen LogP contribution is -2.54. The summed E-state index contributed by atoms with van der Waals surface area (Å²) in [5, 5.41) is 9.71. The minimum atomic E-state index is -0.468. The summed E-state index contributed by atoms with van der Waals surface area (Å²) >= 11 is 0. The van der Waals surface area contributed by atoms with Crippen molar-refractivity contribution in [2.24, 2.45) is 0 Å².